The van der Waals surface area contributed by atoms with Crippen molar-refractivity contribution in [1.82, 2.24) is 0 Å². The Morgan fingerprint density at radius 3 is 2.71 bits per heavy atom. The first-order valence-corrected chi connectivity index (χ1v) is 6.45. The molecule has 0 fully saturated rings. The molecule has 0 spiro atoms. The molecular weight excluding hydrogens is 208 g/mol. The van der Waals surface area contributed by atoms with Crippen LogP contribution in [-0.4, -0.2) is 6.29 Å². The summed E-state index contributed by atoms with van der Waals surface area (Å²) in [5.41, 5.74) is 4.65. The lowest BCUT2D eigenvalue weighted by Crippen LogP contribution is -2.20. The zero-order valence-corrected chi connectivity index (χ0v) is 11.5. The van der Waals surface area contributed by atoms with E-state index < -0.39 is 0 Å². The maximum absolute atomic E-state index is 10.2. The van der Waals surface area contributed by atoms with Gasteiger partial charge in [0.2, 0.25) is 0 Å². The predicted octanol–water partition coefficient (Wildman–Crippen LogP) is 4.60. The highest BCUT2D eigenvalue weighted by Crippen LogP contribution is 2.41. The first-order valence-electron chi connectivity index (χ1n) is 6.45. The maximum Gasteiger partial charge on any atom is 0.142 e. The van der Waals surface area contributed by atoms with E-state index in [2.05, 4.69) is 26.8 Å². The predicted molar refractivity (Wildman–Crippen MR) is 73.9 cm³/mol. The number of aldehydes is 1. The van der Waals surface area contributed by atoms with Crippen LogP contribution in [0.5, 0.6) is 0 Å². The van der Waals surface area contributed by atoms with Crippen LogP contribution in [0.1, 0.15) is 53.4 Å². The van der Waals surface area contributed by atoms with Crippen LogP contribution in [0.2, 0.25) is 0 Å². The van der Waals surface area contributed by atoms with Gasteiger partial charge in [0.05, 0.1) is 0 Å². The molecule has 0 atom stereocenters. The largest absolute Gasteiger partial charge is 0.299 e. The van der Waals surface area contributed by atoms with Gasteiger partial charge >= 0.3 is 0 Å². The summed E-state index contributed by atoms with van der Waals surface area (Å²) in [5, 5.41) is 0. The van der Waals surface area contributed by atoms with Crippen LogP contribution < -0.4 is 0 Å². The van der Waals surface area contributed by atoms with Gasteiger partial charge in [-0.25, -0.2) is 0 Å². The normalized spacial score (nSPS) is 21.1. The average Bonchev–Trinajstić information content (AvgIpc) is 2.24. The number of rotatable bonds is 4. The monoisotopic (exact) mass is 232 g/mol. The molecule has 17 heavy (non-hydrogen) atoms. The molecule has 94 valence electrons. The third kappa shape index (κ3) is 3.99. The standard InChI is InChI=1S/C16H24O/c1-13(7-6-12-17)9-10-15-14(2)8-5-11-16(15,3)4/h6-7,9,12H,5,8,10-11H2,1-4H3/b7-6+,13-9+. The fraction of sp³-hybridized carbons (Fsp3) is 0.562. The van der Waals surface area contributed by atoms with Crippen molar-refractivity contribution in [1.29, 1.82) is 0 Å². The Morgan fingerprint density at radius 1 is 1.41 bits per heavy atom. The maximum atomic E-state index is 10.2. The van der Waals surface area contributed by atoms with E-state index in [9.17, 15) is 4.79 Å². The Hall–Kier alpha value is -1.11. The minimum atomic E-state index is 0.341. The average molecular weight is 232 g/mol. The van der Waals surface area contributed by atoms with Gasteiger partial charge in [0, 0.05) is 0 Å². The SMILES string of the molecule is CC1=C(C/C=C(C)/C=C/C=O)C(C)(C)CCC1. The van der Waals surface area contributed by atoms with Gasteiger partial charge in [-0.3, -0.25) is 4.79 Å². The van der Waals surface area contributed by atoms with Crippen molar-refractivity contribution in [3.8, 4) is 0 Å². The second-order valence-corrected chi connectivity index (χ2v) is 5.64. The van der Waals surface area contributed by atoms with Gasteiger partial charge in [0.25, 0.3) is 0 Å². The van der Waals surface area contributed by atoms with Gasteiger partial charge in [-0.1, -0.05) is 42.7 Å². The molecular formula is C16H24O. The second kappa shape index (κ2) is 6.00. The molecule has 1 aliphatic carbocycles. The van der Waals surface area contributed by atoms with E-state index in [-0.39, 0.29) is 0 Å². The van der Waals surface area contributed by atoms with E-state index in [0.29, 0.717) is 5.41 Å². The molecule has 0 unspecified atom stereocenters. The summed E-state index contributed by atoms with van der Waals surface area (Å²) in [6.45, 7) is 9.00. The van der Waals surface area contributed by atoms with Crippen molar-refractivity contribution in [3.05, 3.63) is 34.9 Å². The number of hydrogen-bond donors (Lipinski definition) is 0. The summed E-state index contributed by atoms with van der Waals surface area (Å²) in [6.07, 6.45) is 11.4. The molecule has 1 heteroatoms. The van der Waals surface area contributed by atoms with Crippen molar-refractivity contribution < 1.29 is 4.79 Å². The van der Waals surface area contributed by atoms with Gasteiger partial charge in [-0.2, -0.15) is 0 Å². The van der Waals surface area contributed by atoms with E-state index in [1.807, 2.05) is 13.0 Å². The van der Waals surface area contributed by atoms with Gasteiger partial charge < -0.3 is 0 Å². The zero-order valence-electron chi connectivity index (χ0n) is 11.5. The molecule has 0 aromatic heterocycles. The first-order chi connectivity index (χ1) is 7.97. The van der Waals surface area contributed by atoms with Crippen LogP contribution in [0.3, 0.4) is 0 Å². The van der Waals surface area contributed by atoms with Crippen molar-refractivity contribution in [2.24, 2.45) is 5.41 Å². The molecule has 0 radical (unpaired) electrons. The molecule has 0 saturated carbocycles. The molecule has 1 nitrogen and oxygen atoms in total. The second-order valence-electron chi connectivity index (χ2n) is 5.64. The summed E-state index contributed by atoms with van der Waals surface area (Å²) in [5.74, 6) is 0. The minimum Gasteiger partial charge on any atom is -0.299 e. The molecule has 0 N–H and O–H groups in total. The summed E-state index contributed by atoms with van der Waals surface area (Å²) in [6, 6.07) is 0. The molecule has 0 aliphatic heterocycles. The molecule has 0 amide bonds. The summed E-state index contributed by atoms with van der Waals surface area (Å²) in [7, 11) is 0. The van der Waals surface area contributed by atoms with E-state index in [4.69, 9.17) is 0 Å². The van der Waals surface area contributed by atoms with E-state index in [0.717, 1.165) is 12.7 Å². The van der Waals surface area contributed by atoms with Crippen molar-refractivity contribution in [2.75, 3.05) is 0 Å². The summed E-state index contributed by atoms with van der Waals surface area (Å²) in [4.78, 5) is 10.2. The first kappa shape index (κ1) is 14.0. The van der Waals surface area contributed by atoms with Crippen LogP contribution in [-0.2, 0) is 4.79 Å². The summed E-state index contributed by atoms with van der Waals surface area (Å²) >= 11 is 0. The smallest absolute Gasteiger partial charge is 0.142 e. The Kier molecular flexibility index (Phi) is 4.92. The van der Waals surface area contributed by atoms with Gasteiger partial charge in [-0.05, 0) is 51.0 Å². The van der Waals surface area contributed by atoms with Crippen LogP contribution in [0.25, 0.3) is 0 Å². The molecule has 1 aliphatic rings. The Bertz CT molecular complexity index is 367. The van der Waals surface area contributed by atoms with Crippen LogP contribution in [0.15, 0.2) is 34.9 Å². The molecule has 0 aromatic carbocycles. The number of hydrogen-bond acceptors (Lipinski definition) is 1. The number of carbonyl (C=O) groups excluding carboxylic acids is 1. The Balaban J connectivity index is 2.79. The summed E-state index contributed by atoms with van der Waals surface area (Å²) < 4.78 is 0. The Labute approximate surface area is 105 Å². The highest BCUT2D eigenvalue weighted by molar-refractivity contribution is 5.65. The number of carbonyl (C=O) groups is 1. The van der Waals surface area contributed by atoms with E-state index in [1.54, 1.807) is 17.2 Å². The minimum absolute atomic E-state index is 0.341. The molecule has 0 aromatic rings. The quantitative estimate of drug-likeness (QED) is 0.299. The van der Waals surface area contributed by atoms with E-state index in [1.165, 1.54) is 24.8 Å². The topological polar surface area (TPSA) is 17.1 Å². The number of allylic oxidation sites excluding steroid dienone is 6. The van der Waals surface area contributed by atoms with Crippen molar-refractivity contribution in [3.63, 3.8) is 0 Å². The Morgan fingerprint density at radius 2 is 2.12 bits per heavy atom. The lowest BCUT2D eigenvalue weighted by atomic mass is 9.71. The van der Waals surface area contributed by atoms with Crippen molar-refractivity contribution in [2.45, 2.75) is 53.4 Å². The highest BCUT2D eigenvalue weighted by atomic mass is 16.1. The third-order valence-corrected chi connectivity index (χ3v) is 3.75. The van der Waals surface area contributed by atoms with Crippen LogP contribution >= 0.6 is 0 Å². The highest BCUT2D eigenvalue weighted by Gasteiger charge is 2.27. The molecule has 0 heterocycles. The van der Waals surface area contributed by atoms with Gasteiger partial charge in [0.1, 0.15) is 6.29 Å². The van der Waals surface area contributed by atoms with Crippen molar-refractivity contribution >= 4 is 6.29 Å². The lowest BCUT2D eigenvalue weighted by molar-refractivity contribution is -0.104. The molecule has 1 rings (SSSR count). The fourth-order valence-electron chi connectivity index (χ4n) is 2.65. The molecule has 0 saturated heterocycles. The van der Waals surface area contributed by atoms with Gasteiger partial charge in [0.15, 0.2) is 0 Å². The van der Waals surface area contributed by atoms with E-state index >= 15 is 0 Å². The van der Waals surface area contributed by atoms with Crippen LogP contribution in [0, 0.1) is 5.41 Å². The third-order valence-electron chi connectivity index (χ3n) is 3.75. The lowest BCUT2D eigenvalue weighted by Gasteiger charge is -2.34. The van der Waals surface area contributed by atoms with Gasteiger partial charge in [-0.15, -0.1) is 0 Å². The molecule has 0 bridgehead atoms. The van der Waals surface area contributed by atoms with Crippen LogP contribution in [0.4, 0.5) is 0 Å². The zero-order chi connectivity index (χ0) is 12.9. The fourth-order valence-corrected chi connectivity index (χ4v) is 2.65.